The Kier molecular flexibility index (Phi) is 3.30. The van der Waals surface area contributed by atoms with E-state index in [4.69, 9.17) is 0 Å². The van der Waals surface area contributed by atoms with Crippen LogP contribution in [0.4, 0.5) is 0 Å². The summed E-state index contributed by atoms with van der Waals surface area (Å²) in [5.41, 5.74) is -0.0416. The molecule has 0 aromatic rings. The molecule has 0 aliphatic heterocycles. The maximum atomic E-state index is 11.1. The molecule has 0 fully saturated rings. The van der Waals surface area contributed by atoms with Crippen molar-refractivity contribution in [1.29, 1.82) is 0 Å². The third-order valence-corrected chi connectivity index (χ3v) is 1.85. The molecule has 0 radical (unpaired) electrons. The van der Waals surface area contributed by atoms with Gasteiger partial charge < -0.3 is 4.74 Å². The largest absolute Gasteiger partial charge is 0.435 e. The van der Waals surface area contributed by atoms with Crippen LogP contribution in [0.15, 0.2) is 12.8 Å². The van der Waals surface area contributed by atoms with E-state index in [9.17, 15) is 4.79 Å². The molecule has 0 amide bonds. The lowest BCUT2D eigenvalue weighted by molar-refractivity contribution is -0.145. The molecule has 0 saturated carbocycles. The zero-order valence-corrected chi connectivity index (χ0v) is 7.68. The maximum absolute atomic E-state index is 11.1. The van der Waals surface area contributed by atoms with Gasteiger partial charge in [-0.3, -0.25) is 4.79 Å². The molecule has 2 nitrogen and oxygen atoms in total. The molecule has 0 spiro atoms. The standard InChI is InChI=1S/C9H16O2/c1-6-11-8(10)7(2)9(3,4)5/h6-7H,1H2,2-5H3. The van der Waals surface area contributed by atoms with Crippen molar-refractivity contribution in [3.8, 4) is 0 Å². The molecule has 11 heavy (non-hydrogen) atoms. The Balaban J connectivity index is 4.13. The van der Waals surface area contributed by atoms with E-state index in [0.29, 0.717) is 0 Å². The van der Waals surface area contributed by atoms with Crippen molar-refractivity contribution in [1.82, 2.24) is 0 Å². The summed E-state index contributed by atoms with van der Waals surface area (Å²) in [5.74, 6) is -0.312. The first-order chi connectivity index (χ1) is 4.89. The van der Waals surface area contributed by atoms with Gasteiger partial charge in [-0.15, -0.1) is 0 Å². The summed E-state index contributed by atoms with van der Waals surface area (Å²) in [6, 6.07) is 0. The fraction of sp³-hybridized carbons (Fsp3) is 0.667. The molecule has 1 atom stereocenters. The third kappa shape index (κ3) is 3.21. The van der Waals surface area contributed by atoms with Gasteiger partial charge in [0.05, 0.1) is 12.2 Å². The van der Waals surface area contributed by atoms with E-state index >= 15 is 0 Å². The van der Waals surface area contributed by atoms with E-state index in [2.05, 4.69) is 11.3 Å². The molecule has 0 aromatic carbocycles. The van der Waals surface area contributed by atoms with Gasteiger partial charge in [0, 0.05) is 0 Å². The van der Waals surface area contributed by atoms with Crippen LogP contribution in [0.2, 0.25) is 0 Å². The molecule has 0 rings (SSSR count). The van der Waals surface area contributed by atoms with Gasteiger partial charge in [0.15, 0.2) is 0 Å². The predicted octanol–water partition coefficient (Wildman–Crippen LogP) is 2.36. The quantitative estimate of drug-likeness (QED) is 0.453. The lowest BCUT2D eigenvalue weighted by Gasteiger charge is -2.24. The number of ether oxygens (including phenoxy) is 1. The van der Waals surface area contributed by atoms with Crippen molar-refractivity contribution in [3.63, 3.8) is 0 Å². The van der Waals surface area contributed by atoms with Crippen LogP contribution in [-0.4, -0.2) is 5.97 Å². The highest BCUT2D eigenvalue weighted by Crippen LogP contribution is 2.26. The monoisotopic (exact) mass is 156 g/mol. The maximum Gasteiger partial charge on any atom is 0.313 e. The fourth-order valence-corrected chi connectivity index (χ4v) is 0.538. The predicted molar refractivity (Wildman–Crippen MR) is 44.9 cm³/mol. The van der Waals surface area contributed by atoms with Gasteiger partial charge in [-0.05, 0) is 5.41 Å². The first-order valence-corrected chi connectivity index (χ1v) is 3.71. The molecule has 64 valence electrons. The van der Waals surface area contributed by atoms with Crippen molar-refractivity contribution >= 4 is 5.97 Å². The van der Waals surface area contributed by atoms with Crippen LogP contribution in [0.25, 0.3) is 0 Å². The molecular formula is C9H16O2. The van der Waals surface area contributed by atoms with E-state index in [0.717, 1.165) is 0 Å². The van der Waals surface area contributed by atoms with Crippen LogP contribution in [0.1, 0.15) is 27.7 Å². The zero-order chi connectivity index (χ0) is 9.07. The Morgan fingerprint density at radius 3 is 2.27 bits per heavy atom. The summed E-state index contributed by atoms with van der Waals surface area (Å²) in [5, 5.41) is 0. The van der Waals surface area contributed by atoms with Crippen LogP contribution in [-0.2, 0) is 9.53 Å². The highest BCUT2D eigenvalue weighted by molar-refractivity contribution is 5.73. The SMILES string of the molecule is C=COC(=O)C(C)C(C)(C)C. The van der Waals surface area contributed by atoms with E-state index < -0.39 is 0 Å². The Morgan fingerprint density at radius 2 is 2.00 bits per heavy atom. The number of esters is 1. The second-order valence-corrected chi connectivity index (χ2v) is 3.69. The van der Waals surface area contributed by atoms with Gasteiger partial charge in [-0.2, -0.15) is 0 Å². The average Bonchev–Trinajstić information content (AvgIpc) is 1.85. The number of carbonyl (C=O) groups excluding carboxylic acids is 1. The van der Waals surface area contributed by atoms with Gasteiger partial charge in [0.25, 0.3) is 0 Å². The first-order valence-electron chi connectivity index (χ1n) is 3.71. The minimum atomic E-state index is -0.215. The second-order valence-electron chi connectivity index (χ2n) is 3.69. The van der Waals surface area contributed by atoms with Crippen molar-refractivity contribution < 1.29 is 9.53 Å². The van der Waals surface area contributed by atoms with E-state index in [-0.39, 0.29) is 17.3 Å². The second kappa shape index (κ2) is 3.56. The van der Waals surface area contributed by atoms with Crippen LogP contribution in [0, 0.1) is 11.3 Å². The van der Waals surface area contributed by atoms with Crippen LogP contribution < -0.4 is 0 Å². The average molecular weight is 156 g/mol. The molecule has 1 unspecified atom stereocenters. The molecule has 2 heteroatoms. The molecule has 0 N–H and O–H groups in total. The summed E-state index contributed by atoms with van der Waals surface area (Å²) >= 11 is 0. The molecule has 0 heterocycles. The summed E-state index contributed by atoms with van der Waals surface area (Å²) in [7, 11) is 0. The Hall–Kier alpha value is -0.790. The van der Waals surface area contributed by atoms with Crippen molar-refractivity contribution in [2.24, 2.45) is 11.3 Å². The van der Waals surface area contributed by atoms with Gasteiger partial charge >= 0.3 is 5.97 Å². The summed E-state index contributed by atoms with van der Waals surface area (Å²) < 4.78 is 4.66. The van der Waals surface area contributed by atoms with Crippen LogP contribution in [0.5, 0.6) is 0 Å². The van der Waals surface area contributed by atoms with Crippen molar-refractivity contribution in [3.05, 3.63) is 12.8 Å². The topological polar surface area (TPSA) is 26.3 Å². The van der Waals surface area contributed by atoms with Gasteiger partial charge in [0.1, 0.15) is 0 Å². The smallest absolute Gasteiger partial charge is 0.313 e. The number of rotatable bonds is 2. The van der Waals surface area contributed by atoms with Crippen LogP contribution in [0.3, 0.4) is 0 Å². The molecular weight excluding hydrogens is 140 g/mol. The first kappa shape index (κ1) is 10.2. The Labute approximate surface area is 68.2 Å². The third-order valence-electron chi connectivity index (χ3n) is 1.85. The molecule has 0 aliphatic rings. The number of carbonyl (C=O) groups is 1. The van der Waals surface area contributed by atoms with Crippen molar-refractivity contribution in [2.45, 2.75) is 27.7 Å². The lowest BCUT2D eigenvalue weighted by Crippen LogP contribution is -2.26. The summed E-state index contributed by atoms with van der Waals surface area (Å²) in [6.45, 7) is 11.2. The minimum absolute atomic E-state index is 0.0416. The highest BCUT2D eigenvalue weighted by atomic mass is 16.5. The fourth-order valence-electron chi connectivity index (χ4n) is 0.538. The van der Waals surface area contributed by atoms with Gasteiger partial charge in [0.2, 0.25) is 0 Å². The van der Waals surface area contributed by atoms with Crippen molar-refractivity contribution in [2.75, 3.05) is 0 Å². The number of hydrogen-bond donors (Lipinski definition) is 0. The van der Waals surface area contributed by atoms with E-state index in [1.807, 2.05) is 27.7 Å². The Morgan fingerprint density at radius 1 is 1.55 bits per heavy atom. The molecule has 0 aliphatic carbocycles. The van der Waals surface area contributed by atoms with E-state index in [1.165, 1.54) is 6.26 Å². The molecule has 0 saturated heterocycles. The number of hydrogen-bond acceptors (Lipinski definition) is 2. The zero-order valence-electron chi connectivity index (χ0n) is 7.68. The minimum Gasteiger partial charge on any atom is -0.435 e. The van der Waals surface area contributed by atoms with Crippen LogP contribution >= 0.6 is 0 Å². The lowest BCUT2D eigenvalue weighted by atomic mass is 9.82. The van der Waals surface area contributed by atoms with Gasteiger partial charge in [-0.25, -0.2) is 0 Å². The molecule has 0 bridgehead atoms. The molecule has 0 aromatic heterocycles. The summed E-state index contributed by atoms with van der Waals surface area (Å²) in [6.07, 6.45) is 1.17. The summed E-state index contributed by atoms with van der Waals surface area (Å²) in [4.78, 5) is 11.1. The Bertz CT molecular complexity index is 153. The highest BCUT2D eigenvalue weighted by Gasteiger charge is 2.27. The normalized spacial score (nSPS) is 13.8. The van der Waals surface area contributed by atoms with Gasteiger partial charge in [-0.1, -0.05) is 34.3 Å². The van der Waals surface area contributed by atoms with E-state index in [1.54, 1.807) is 0 Å².